The van der Waals surface area contributed by atoms with Gasteiger partial charge in [0.25, 0.3) is 5.56 Å². The molecule has 0 unspecified atom stereocenters. The largest absolute Gasteiger partial charge is 0.337 e. The van der Waals surface area contributed by atoms with Crippen molar-refractivity contribution >= 4 is 33.5 Å². The number of H-pyrrole nitrogens is 1. The van der Waals surface area contributed by atoms with Gasteiger partial charge in [-0.2, -0.15) is 0 Å². The van der Waals surface area contributed by atoms with Crippen molar-refractivity contribution in [2.24, 2.45) is 0 Å². The highest BCUT2D eigenvalue weighted by Gasteiger charge is 2.22. The van der Waals surface area contributed by atoms with Gasteiger partial charge in [-0.15, -0.1) is 11.3 Å². The third-order valence-corrected chi connectivity index (χ3v) is 7.38. The van der Waals surface area contributed by atoms with Gasteiger partial charge in [0, 0.05) is 37.1 Å². The zero-order chi connectivity index (χ0) is 22.1. The summed E-state index contributed by atoms with van der Waals surface area (Å²) in [4.78, 5) is 39.1. The van der Waals surface area contributed by atoms with Gasteiger partial charge in [0.1, 0.15) is 16.5 Å². The summed E-state index contributed by atoms with van der Waals surface area (Å²) in [5.41, 5.74) is 1.84. The van der Waals surface area contributed by atoms with Crippen molar-refractivity contribution in [3.05, 3.63) is 68.3 Å². The summed E-state index contributed by atoms with van der Waals surface area (Å²) >= 11 is 1.67. The summed E-state index contributed by atoms with van der Waals surface area (Å²) in [5.74, 6) is 0.290. The van der Waals surface area contributed by atoms with Crippen molar-refractivity contribution < 1.29 is 9.18 Å². The van der Waals surface area contributed by atoms with E-state index in [1.807, 2.05) is 0 Å². The molecule has 2 aliphatic rings. The Balaban J connectivity index is 1.21. The Bertz CT molecular complexity index is 1240. The summed E-state index contributed by atoms with van der Waals surface area (Å²) < 4.78 is 13.3. The molecule has 6 nitrogen and oxygen atoms in total. The Morgan fingerprint density at radius 3 is 2.81 bits per heavy atom. The van der Waals surface area contributed by atoms with Crippen LogP contribution in [0.4, 0.5) is 4.39 Å². The number of amides is 1. The van der Waals surface area contributed by atoms with E-state index in [4.69, 9.17) is 4.98 Å². The third-order valence-electron chi connectivity index (χ3n) is 6.20. The Kier molecular flexibility index (Phi) is 5.89. The van der Waals surface area contributed by atoms with Gasteiger partial charge >= 0.3 is 0 Å². The molecule has 1 aliphatic carbocycles. The molecule has 3 heterocycles. The Morgan fingerprint density at radius 2 is 2.00 bits per heavy atom. The first-order chi connectivity index (χ1) is 15.6. The monoisotopic (exact) mass is 452 g/mol. The van der Waals surface area contributed by atoms with Crippen molar-refractivity contribution in [2.75, 3.05) is 26.2 Å². The van der Waals surface area contributed by atoms with E-state index in [1.54, 1.807) is 34.4 Å². The van der Waals surface area contributed by atoms with E-state index in [-0.39, 0.29) is 17.3 Å². The van der Waals surface area contributed by atoms with Gasteiger partial charge in [-0.25, -0.2) is 9.37 Å². The number of hydrogen-bond acceptors (Lipinski definition) is 5. The Morgan fingerprint density at radius 1 is 1.19 bits per heavy atom. The number of thiophene rings is 1. The summed E-state index contributed by atoms with van der Waals surface area (Å²) in [6, 6.07) is 6.17. The number of aromatic amines is 1. The van der Waals surface area contributed by atoms with E-state index in [0.717, 1.165) is 29.5 Å². The highest BCUT2D eigenvalue weighted by Crippen LogP contribution is 2.33. The fraction of sp³-hybridized carbons (Fsp3) is 0.375. The molecule has 1 aliphatic heterocycles. The molecule has 1 N–H and O–H groups in total. The smallest absolute Gasteiger partial charge is 0.259 e. The maximum Gasteiger partial charge on any atom is 0.259 e. The van der Waals surface area contributed by atoms with Crippen molar-refractivity contribution in [3.63, 3.8) is 0 Å². The molecule has 8 heteroatoms. The fourth-order valence-electron chi connectivity index (χ4n) is 4.50. The zero-order valence-electron chi connectivity index (χ0n) is 17.8. The number of halogens is 1. The highest BCUT2D eigenvalue weighted by atomic mass is 32.1. The van der Waals surface area contributed by atoms with Gasteiger partial charge in [0.2, 0.25) is 5.91 Å². The molecule has 0 bridgehead atoms. The second kappa shape index (κ2) is 8.96. The average Bonchev–Trinajstić information content (AvgIpc) is 3.17. The lowest BCUT2D eigenvalue weighted by atomic mass is 9.97. The van der Waals surface area contributed by atoms with Crippen LogP contribution in [0.25, 0.3) is 16.3 Å². The molecular weight excluding hydrogens is 427 g/mol. The SMILES string of the molecule is O=C(/C=C/c1cccc(F)c1)N1CCN(Cc2nc3sc4c(c3c(=O)[nH]2)CCCC4)CC1. The van der Waals surface area contributed by atoms with Crippen LogP contribution in [-0.4, -0.2) is 51.9 Å². The molecule has 3 aromatic rings. The number of hydrogen-bond donors (Lipinski definition) is 1. The van der Waals surface area contributed by atoms with Gasteiger partial charge in [0.15, 0.2) is 0 Å². The van der Waals surface area contributed by atoms with E-state index in [9.17, 15) is 14.0 Å². The van der Waals surface area contributed by atoms with Crippen LogP contribution in [0.3, 0.4) is 0 Å². The quantitative estimate of drug-likeness (QED) is 0.617. The first-order valence-electron chi connectivity index (χ1n) is 11.1. The second-order valence-electron chi connectivity index (χ2n) is 8.39. The van der Waals surface area contributed by atoms with Crippen LogP contribution < -0.4 is 5.56 Å². The van der Waals surface area contributed by atoms with Gasteiger partial charge < -0.3 is 9.88 Å². The van der Waals surface area contributed by atoms with Crippen LogP contribution in [0.2, 0.25) is 0 Å². The predicted molar refractivity (Wildman–Crippen MR) is 124 cm³/mol. The molecule has 0 spiro atoms. The summed E-state index contributed by atoms with van der Waals surface area (Å²) in [6.45, 7) is 3.19. The standard InChI is InChI=1S/C24H25FN4O2S/c25-17-5-3-4-16(14-17)8-9-21(30)29-12-10-28(11-13-29)15-20-26-23(31)22-18-6-1-2-7-19(18)32-24(22)27-20/h3-5,8-9,14H,1-2,6-7,10-13,15H2,(H,26,27,31)/b9-8+. The van der Waals surface area contributed by atoms with Gasteiger partial charge in [-0.05, 0) is 55.0 Å². The molecule has 1 saturated heterocycles. The molecule has 0 saturated carbocycles. The van der Waals surface area contributed by atoms with Crippen molar-refractivity contribution in [1.82, 2.24) is 19.8 Å². The number of aromatic nitrogens is 2. The molecule has 1 amide bonds. The number of fused-ring (bicyclic) bond motifs is 3. The van der Waals surface area contributed by atoms with E-state index in [1.165, 1.54) is 35.1 Å². The van der Waals surface area contributed by atoms with Crippen LogP contribution in [0.1, 0.15) is 34.7 Å². The number of rotatable bonds is 4. The third kappa shape index (κ3) is 4.38. The van der Waals surface area contributed by atoms with E-state index < -0.39 is 0 Å². The average molecular weight is 453 g/mol. The Labute approximate surface area is 189 Å². The van der Waals surface area contributed by atoms with E-state index >= 15 is 0 Å². The molecule has 5 rings (SSSR count). The number of carbonyl (C=O) groups excluding carboxylic acids is 1. The Hall–Kier alpha value is -2.84. The van der Waals surface area contributed by atoms with Crippen LogP contribution in [0.5, 0.6) is 0 Å². The molecular formula is C24H25FN4O2S. The lowest BCUT2D eigenvalue weighted by Gasteiger charge is -2.33. The maximum absolute atomic E-state index is 13.3. The number of benzene rings is 1. The number of carbonyl (C=O) groups is 1. The van der Waals surface area contributed by atoms with Crippen molar-refractivity contribution in [2.45, 2.75) is 32.2 Å². The minimum Gasteiger partial charge on any atom is -0.337 e. The number of aryl methyl sites for hydroxylation is 2. The molecule has 0 atom stereocenters. The lowest BCUT2D eigenvalue weighted by molar-refractivity contribution is -0.127. The van der Waals surface area contributed by atoms with E-state index in [2.05, 4.69) is 9.88 Å². The van der Waals surface area contributed by atoms with Gasteiger partial charge in [-0.1, -0.05) is 12.1 Å². The zero-order valence-corrected chi connectivity index (χ0v) is 18.6. The summed E-state index contributed by atoms with van der Waals surface area (Å²) in [6.07, 6.45) is 7.49. The summed E-state index contributed by atoms with van der Waals surface area (Å²) in [5, 5.41) is 0.786. The minimum atomic E-state index is -0.319. The van der Waals surface area contributed by atoms with Crippen LogP contribution >= 0.6 is 11.3 Å². The molecule has 1 aromatic carbocycles. The predicted octanol–water partition coefficient (Wildman–Crippen LogP) is 3.36. The first kappa shape index (κ1) is 21.0. The van der Waals surface area contributed by atoms with E-state index in [0.29, 0.717) is 44.1 Å². The molecule has 32 heavy (non-hydrogen) atoms. The first-order valence-corrected chi connectivity index (χ1v) is 11.9. The second-order valence-corrected chi connectivity index (χ2v) is 9.48. The number of nitrogens with one attached hydrogen (secondary N) is 1. The van der Waals surface area contributed by atoms with Crippen LogP contribution in [0, 0.1) is 5.82 Å². The van der Waals surface area contributed by atoms with Gasteiger partial charge in [-0.3, -0.25) is 14.5 Å². The summed E-state index contributed by atoms with van der Waals surface area (Å²) in [7, 11) is 0. The normalized spacial score (nSPS) is 17.2. The van der Waals surface area contributed by atoms with Gasteiger partial charge in [0.05, 0.1) is 11.9 Å². The number of nitrogens with zero attached hydrogens (tertiary/aromatic N) is 3. The van der Waals surface area contributed by atoms with Crippen molar-refractivity contribution in [3.8, 4) is 0 Å². The fourth-order valence-corrected chi connectivity index (χ4v) is 5.79. The molecule has 166 valence electrons. The van der Waals surface area contributed by atoms with Crippen molar-refractivity contribution in [1.29, 1.82) is 0 Å². The lowest BCUT2D eigenvalue weighted by Crippen LogP contribution is -2.48. The molecule has 2 aromatic heterocycles. The maximum atomic E-state index is 13.3. The molecule has 0 radical (unpaired) electrons. The minimum absolute atomic E-state index is 0.0271. The number of piperazine rings is 1. The topological polar surface area (TPSA) is 69.3 Å². The highest BCUT2D eigenvalue weighted by molar-refractivity contribution is 7.18. The molecule has 1 fully saturated rings. The van der Waals surface area contributed by atoms with Crippen LogP contribution in [0.15, 0.2) is 35.1 Å². The van der Waals surface area contributed by atoms with Crippen LogP contribution in [-0.2, 0) is 24.2 Å².